The molecule has 0 unspecified atom stereocenters. The summed E-state index contributed by atoms with van der Waals surface area (Å²) in [4.78, 5) is 0. The molecular weight excluding hydrogens is 500 g/mol. The molecule has 2 nitrogen and oxygen atoms in total. The number of rotatable bonds is 2. The third-order valence-corrected chi connectivity index (χ3v) is 3.17. The highest BCUT2D eigenvalue weighted by atomic mass is 16.5. The zero-order valence-corrected chi connectivity index (χ0v) is 21.2. The van der Waals surface area contributed by atoms with Crippen molar-refractivity contribution in [1.29, 1.82) is 0 Å². The van der Waals surface area contributed by atoms with Crippen LogP contribution in [0.25, 0.3) is 0 Å². The molecule has 0 aliphatic heterocycles. The van der Waals surface area contributed by atoms with E-state index in [0.717, 1.165) is 5.56 Å². The second-order valence-electron chi connectivity index (χ2n) is 5.90. The molecule has 0 aliphatic carbocycles. The maximum absolute atomic E-state index is 5.41. The van der Waals surface area contributed by atoms with Gasteiger partial charge in [0.25, 0.3) is 0 Å². The summed E-state index contributed by atoms with van der Waals surface area (Å²) in [6.07, 6.45) is 14.8. The Morgan fingerprint density at radius 2 is 0.683 bits per heavy atom. The molecule has 176 valence electrons. The van der Waals surface area contributed by atoms with Crippen molar-refractivity contribution in [2.45, 2.75) is 6.92 Å². The van der Waals surface area contributed by atoms with E-state index in [1.165, 1.54) is 0 Å². The summed E-state index contributed by atoms with van der Waals surface area (Å²) in [6, 6.07) is 5.25. The van der Waals surface area contributed by atoms with E-state index < -0.39 is 0 Å². The van der Waals surface area contributed by atoms with E-state index in [-0.39, 0.29) is 0 Å². The molecule has 0 aromatic heterocycles. The third kappa shape index (κ3) is 18.7. The third-order valence-electron chi connectivity index (χ3n) is 3.17. The van der Waals surface area contributed by atoms with E-state index in [1.54, 1.807) is 12.1 Å². The fourth-order valence-corrected chi connectivity index (χ4v) is 1.75. The van der Waals surface area contributed by atoms with Gasteiger partial charge in [-0.3, -0.25) is 0 Å². The highest BCUT2D eigenvalue weighted by molar-refractivity contribution is 5.48. The summed E-state index contributed by atoms with van der Waals surface area (Å²) in [5, 5.41) is 0. The SMILES string of the molecule is C#CC#CC#CC#CC#CC#CC#CC#COc1ccc(C)cc1OC#CC#CC#CC#CC#CC#CC#CC#C. The molecule has 0 amide bonds. The van der Waals surface area contributed by atoms with Crippen molar-refractivity contribution in [1.82, 2.24) is 0 Å². The second-order valence-corrected chi connectivity index (χ2v) is 5.90. The van der Waals surface area contributed by atoms with Crippen molar-refractivity contribution in [3.05, 3.63) is 23.8 Å². The fraction of sp³-hybridized carbons (Fsp3) is 0.0256. The second kappa shape index (κ2) is 23.5. The van der Waals surface area contributed by atoms with E-state index in [9.17, 15) is 0 Å². The van der Waals surface area contributed by atoms with Gasteiger partial charge in [-0.05, 0) is 108 Å². The number of aryl methyl sites for hydroxylation is 1. The summed E-state index contributed by atoms with van der Waals surface area (Å²) >= 11 is 0. The van der Waals surface area contributed by atoms with Crippen LogP contribution in [0, 0.1) is 198 Å². The Morgan fingerprint density at radius 3 is 1.02 bits per heavy atom. The first-order valence-electron chi connectivity index (χ1n) is 10.6. The predicted octanol–water partition coefficient (Wildman–Crippen LogP) is 1.98. The van der Waals surface area contributed by atoms with Gasteiger partial charge >= 0.3 is 0 Å². The monoisotopic (exact) mass is 508 g/mol. The average Bonchev–Trinajstić information content (AvgIpc) is 2.98. The van der Waals surface area contributed by atoms with E-state index in [2.05, 4.69) is 178 Å². The summed E-state index contributed by atoms with van der Waals surface area (Å²) in [6.45, 7) is 1.89. The van der Waals surface area contributed by atoms with E-state index in [1.807, 2.05) is 13.0 Å². The number of terminal acetylenes is 2. The number of benzene rings is 1. The van der Waals surface area contributed by atoms with Gasteiger partial charge in [0.05, 0.1) is 0 Å². The van der Waals surface area contributed by atoms with Gasteiger partial charge in [-0.1, -0.05) is 6.07 Å². The van der Waals surface area contributed by atoms with E-state index in [4.69, 9.17) is 22.3 Å². The first-order chi connectivity index (χ1) is 20.3. The minimum absolute atomic E-state index is 0.347. The number of ether oxygens (including phenoxy) is 2. The molecule has 0 N–H and O–H groups in total. The van der Waals surface area contributed by atoms with Crippen LogP contribution in [0.15, 0.2) is 18.2 Å². The van der Waals surface area contributed by atoms with Crippen molar-refractivity contribution in [3.63, 3.8) is 0 Å². The number of hydrogen-bond donors (Lipinski definition) is 0. The zero-order chi connectivity index (χ0) is 29.5. The van der Waals surface area contributed by atoms with Gasteiger partial charge in [-0.15, -0.1) is 12.8 Å². The molecule has 0 spiro atoms. The van der Waals surface area contributed by atoms with Crippen molar-refractivity contribution >= 4 is 0 Å². The molecule has 1 aromatic carbocycles. The molecule has 41 heavy (non-hydrogen) atoms. The highest BCUT2D eigenvalue weighted by Crippen LogP contribution is 2.27. The Balaban J connectivity index is 2.67. The van der Waals surface area contributed by atoms with Crippen LogP contribution < -0.4 is 9.47 Å². The molecule has 0 saturated carbocycles. The average molecular weight is 508 g/mol. The standard InChI is InChI=1S/C39H8O2/c1-4-6-8-10-12-14-16-18-20-22-24-26-28-30-34-40-38-33-32-37(3)36-39(38)41-35-31-29-27-25-23-21-19-17-15-13-11-9-7-5-2/h1-2,32-33,36H,3H3. The lowest BCUT2D eigenvalue weighted by atomic mass is 10.2. The van der Waals surface area contributed by atoms with Crippen LogP contribution in [0.3, 0.4) is 0 Å². The first kappa shape index (κ1) is 30.8. The summed E-state index contributed by atoms with van der Waals surface area (Å²) in [5.74, 6) is 69.3. The van der Waals surface area contributed by atoms with Crippen molar-refractivity contribution in [2.75, 3.05) is 0 Å². The largest absolute Gasteiger partial charge is 0.403 e. The minimum atomic E-state index is 0.347. The van der Waals surface area contributed by atoms with Crippen LogP contribution in [-0.4, -0.2) is 0 Å². The van der Waals surface area contributed by atoms with Gasteiger partial charge in [0.15, 0.2) is 11.5 Å². The molecule has 0 atom stereocenters. The molecule has 1 aromatic rings. The predicted molar refractivity (Wildman–Crippen MR) is 159 cm³/mol. The van der Waals surface area contributed by atoms with Gasteiger partial charge in [0, 0.05) is 82.9 Å². The molecule has 0 bridgehead atoms. The van der Waals surface area contributed by atoms with Crippen molar-refractivity contribution in [2.24, 2.45) is 0 Å². The molecule has 0 heterocycles. The maximum Gasteiger partial charge on any atom is 0.184 e. The topological polar surface area (TPSA) is 18.5 Å². The summed E-state index contributed by atoms with van der Waals surface area (Å²) < 4.78 is 10.8. The van der Waals surface area contributed by atoms with Gasteiger partial charge in [-0.25, -0.2) is 0 Å². The Bertz CT molecular complexity index is 2200. The van der Waals surface area contributed by atoms with Crippen LogP contribution in [0.4, 0.5) is 0 Å². The molecular formula is C39H8O2. The van der Waals surface area contributed by atoms with Crippen LogP contribution in [0.5, 0.6) is 11.5 Å². The van der Waals surface area contributed by atoms with Crippen molar-refractivity contribution < 1.29 is 9.47 Å². The Labute approximate surface area is 242 Å². The van der Waals surface area contributed by atoms with E-state index in [0.29, 0.717) is 11.5 Å². The molecule has 0 saturated heterocycles. The summed E-state index contributed by atoms with van der Waals surface area (Å²) in [5.41, 5.74) is 0.928. The fourth-order valence-electron chi connectivity index (χ4n) is 1.75. The van der Waals surface area contributed by atoms with Gasteiger partial charge in [0.1, 0.15) is 12.2 Å². The Kier molecular flexibility index (Phi) is 17.7. The van der Waals surface area contributed by atoms with Gasteiger partial charge < -0.3 is 9.47 Å². The minimum Gasteiger partial charge on any atom is -0.403 e. The highest BCUT2D eigenvalue weighted by Gasteiger charge is 2.04. The molecule has 0 fully saturated rings. The molecule has 0 radical (unpaired) electrons. The molecule has 1 rings (SSSR count). The number of hydrogen-bond acceptors (Lipinski definition) is 2. The Morgan fingerprint density at radius 1 is 0.390 bits per heavy atom. The van der Waals surface area contributed by atoms with Crippen LogP contribution in [0.1, 0.15) is 5.56 Å². The molecule has 0 aliphatic rings. The zero-order valence-electron chi connectivity index (χ0n) is 21.2. The van der Waals surface area contributed by atoms with Crippen molar-refractivity contribution in [3.8, 4) is 202 Å². The lowest BCUT2D eigenvalue weighted by Crippen LogP contribution is -1.90. The maximum atomic E-state index is 5.41. The van der Waals surface area contributed by atoms with Gasteiger partial charge in [-0.2, -0.15) is 0 Å². The van der Waals surface area contributed by atoms with Gasteiger partial charge in [0.2, 0.25) is 0 Å². The lowest BCUT2D eigenvalue weighted by Gasteiger charge is -2.04. The summed E-state index contributed by atoms with van der Waals surface area (Å²) in [7, 11) is 0. The normalized spacial score (nSPS) is 5.34. The first-order valence-corrected chi connectivity index (χ1v) is 10.6. The van der Waals surface area contributed by atoms with E-state index >= 15 is 0 Å². The Hall–Kier alpha value is -8.22. The molecule has 2 heteroatoms. The lowest BCUT2D eigenvalue weighted by molar-refractivity contribution is 0.452. The van der Waals surface area contributed by atoms with Crippen LogP contribution in [-0.2, 0) is 0 Å². The quantitative estimate of drug-likeness (QED) is 0.570. The van der Waals surface area contributed by atoms with Crippen LogP contribution >= 0.6 is 0 Å². The van der Waals surface area contributed by atoms with Crippen LogP contribution in [0.2, 0.25) is 0 Å². The smallest absolute Gasteiger partial charge is 0.184 e.